The van der Waals surface area contributed by atoms with Gasteiger partial charge in [0, 0.05) is 19.6 Å². The van der Waals surface area contributed by atoms with Crippen molar-refractivity contribution in [3.05, 3.63) is 42.0 Å². The molecule has 2 N–H and O–H groups in total. The van der Waals surface area contributed by atoms with Gasteiger partial charge in [-0.25, -0.2) is 8.42 Å². The van der Waals surface area contributed by atoms with Gasteiger partial charge in [0.05, 0.1) is 18.6 Å². The molecular weight excluding hydrogens is 465 g/mol. The van der Waals surface area contributed by atoms with Crippen LogP contribution in [0.4, 0.5) is 0 Å². The molecule has 2 aromatic rings. The molecule has 0 aromatic heterocycles. The van der Waals surface area contributed by atoms with Gasteiger partial charge >= 0.3 is 0 Å². The van der Waals surface area contributed by atoms with Crippen molar-refractivity contribution in [2.75, 3.05) is 25.7 Å². The summed E-state index contributed by atoms with van der Waals surface area (Å²) in [5, 5.41) is 8.70. The van der Waals surface area contributed by atoms with Gasteiger partial charge in [0.25, 0.3) is 0 Å². The van der Waals surface area contributed by atoms with Crippen LogP contribution in [0.2, 0.25) is 0 Å². The molecule has 0 aliphatic carbocycles. The first kappa shape index (κ1) is 20.8. The molecular formula is C18H24IN3O3S. The van der Waals surface area contributed by atoms with Crippen LogP contribution < -0.4 is 15.4 Å². The van der Waals surface area contributed by atoms with Gasteiger partial charge in [0.1, 0.15) is 5.75 Å². The average molecular weight is 489 g/mol. The first-order valence-corrected chi connectivity index (χ1v) is 10.1. The lowest BCUT2D eigenvalue weighted by molar-refractivity contribution is 0.415. The smallest absolute Gasteiger partial charge is 0.191 e. The van der Waals surface area contributed by atoms with Crippen molar-refractivity contribution < 1.29 is 13.2 Å². The summed E-state index contributed by atoms with van der Waals surface area (Å²) in [4.78, 5) is 4.18. The van der Waals surface area contributed by atoms with Crippen LogP contribution in [0, 0.1) is 0 Å². The number of halogens is 1. The second kappa shape index (κ2) is 8.90. The number of nitrogens with zero attached hydrogens (tertiary/aromatic N) is 1. The quantitative estimate of drug-likeness (QED) is 0.392. The van der Waals surface area contributed by atoms with Gasteiger partial charge in [-0.05, 0) is 41.0 Å². The van der Waals surface area contributed by atoms with E-state index in [-0.39, 0.29) is 41.5 Å². The van der Waals surface area contributed by atoms with Crippen LogP contribution >= 0.6 is 24.0 Å². The molecule has 1 saturated heterocycles. The number of hydrogen-bond acceptors (Lipinski definition) is 4. The highest BCUT2D eigenvalue weighted by Gasteiger charge is 2.28. The summed E-state index contributed by atoms with van der Waals surface area (Å²) in [6.07, 6.45) is 0.626. The van der Waals surface area contributed by atoms with Gasteiger partial charge in [-0.2, -0.15) is 0 Å². The molecule has 1 unspecified atom stereocenters. The van der Waals surface area contributed by atoms with Gasteiger partial charge in [0.15, 0.2) is 15.8 Å². The Morgan fingerprint density at radius 2 is 1.96 bits per heavy atom. The van der Waals surface area contributed by atoms with Crippen LogP contribution in [0.15, 0.2) is 41.4 Å². The number of sulfone groups is 1. The van der Waals surface area contributed by atoms with Crippen LogP contribution in [0.25, 0.3) is 10.8 Å². The maximum Gasteiger partial charge on any atom is 0.191 e. The summed E-state index contributed by atoms with van der Waals surface area (Å²) >= 11 is 0. The maximum atomic E-state index is 11.6. The molecule has 142 valence electrons. The van der Waals surface area contributed by atoms with E-state index in [2.05, 4.69) is 33.8 Å². The molecule has 1 aliphatic heterocycles. The Hall–Kier alpha value is -1.55. The number of benzene rings is 2. The summed E-state index contributed by atoms with van der Waals surface area (Å²) in [5.74, 6) is 1.88. The molecule has 26 heavy (non-hydrogen) atoms. The van der Waals surface area contributed by atoms with Gasteiger partial charge < -0.3 is 15.4 Å². The fourth-order valence-corrected chi connectivity index (χ4v) is 4.67. The molecule has 1 atom stereocenters. The van der Waals surface area contributed by atoms with Crippen molar-refractivity contribution in [1.29, 1.82) is 0 Å². The molecule has 6 nitrogen and oxygen atoms in total. The van der Waals surface area contributed by atoms with Gasteiger partial charge in [-0.3, -0.25) is 4.99 Å². The monoisotopic (exact) mass is 489 g/mol. The van der Waals surface area contributed by atoms with E-state index in [1.165, 1.54) is 0 Å². The fourth-order valence-electron chi connectivity index (χ4n) is 2.99. The standard InChI is InChI=1S/C18H23N3O3S.HI/c1-19-18(21-16-7-8-25(22,23)12-16)20-11-13-3-4-15-10-17(24-2)6-5-14(15)9-13;/h3-6,9-10,16H,7-8,11-12H2,1-2H3,(H2,19,20,21);1H. The second-order valence-corrected chi connectivity index (χ2v) is 8.45. The first-order chi connectivity index (χ1) is 12.0. The fraction of sp³-hybridized carbons (Fsp3) is 0.389. The van der Waals surface area contributed by atoms with E-state index in [4.69, 9.17) is 4.74 Å². The Morgan fingerprint density at radius 3 is 2.62 bits per heavy atom. The lowest BCUT2D eigenvalue weighted by atomic mass is 10.1. The Morgan fingerprint density at radius 1 is 1.23 bits per heavy atom. The van der Waals surface area contributed by atoms with Crippen molar-refractivity contribution in [3.8, 4) is 5.75 Å². The molecule has 8 heteroatoms. The van der Waals surface area contributed by atoms with E-state index in [1.54, 1.807) is 14.2 Å². The lowest BCUT2D eigenvalue weighted by Crippen LogP contribution is -2.43. The Bertz CT molecular complexity index is 900. The number of hydrogen-bond donors (Lipinski definition) is 2. The normalized spacial score (nSPS) is 19.0. The van der Waals surface area contributed by atoms with Crippen LogP contribution in [-0.4, -0.2) is 46.1 Å². The number of aliphatic imine (C=N–C) groups is 1. The van der Waals surface area contributed by atoms with Crippen molar-refractivity contribution in [3.63, 3.8) is 0 Å². The minimum Gasteiger partial charge on any atom is -0.497 e. The third-order valence-electron chi connectivity index (χ3n) is 4.37. The van der Waals surface area contributed by atoms with E-state index in [9.17, 15) is 8.42 Å². The van der Waals surface area contributed by atoms with Crippen LogP contribution in [0.3, 0.4) is 0 Å². The molecule has 0 saturated carbocycles. The largest absolute Gasteiger partial charge is 0.497 e. The molecule has 1 aliphatic rings. The van der Waals surface area contributed by atoms with E-state index >= 15 is 0 Å². The minimum absolute atomic E-state index is 0. The molecule has 3 rings (SSSR count). The first-order valence-electron chi connectivity index (χ1n) is 8.23. The SMILES string of the molecule is CN=C(NCc1ccc2cc(OC)ccc2c1)NC1CCS(=O)(=O)C1.I. The Balaban J connectivity index is 0.00000243. The topological polar surface area (TPSA) is 79.8 Å². The molecule has 0 bridgehead atoms. The summed E-state index contributed by atoms with van der Waals surface area (Å²) in [6.45, 7) is 0.612. The van der Waals surface area contributed by atoms with Gasteiger partial charge in [-0.15, -0.1) is 24.0 Å². The van der Waals surface area contributed by atoms with E-state index in [0.717, 1.165) is 22.1 Å². The molecule has 0 spiro atoms. The number of fused-ring (bicyclic) bond motifs is 1. The highest BCUT2D eigenvalue weighted by Crippen LogP contribution is 2.21. The van der Waals surface area contributed by atoms with Crippen molar-refractivity contribution >= 4 is 50.5 Å². The summed E-state index contributed by atoms with van der Waals surface area (Å²) in [5.41, 5.74) is 1.12. The Kier molecular flexibility index (Phi) is 7.10. The van der Waals surface area contributed by atoms with Crippen molar-refractivity contribution in [2.45, 2.75) is 19.0 Å². The minimum atomic E-state index is -2.90. The van der Waals surface area contributed by atoms with E-state index in [1.807, 2.05) is 18.2 Å². The zero-order valence-corrected chi connectivity index (χ0v) is 18.0. The zero-order chi connectivity index (χ0) is 17.9. The van der Waals surface area contributed by atoms with Crippen LogP contribution in [0.1, 0.15) is 12.0 Å². The van der Waals surface area contributed by atoms with Crippen molar-refractivity contribution in [2.24, 2.45) is 4.99 Å². The summed E-state index contributed by atoms with van der Waals surface area (Å²) < 4.78 is 28.3. The van der Waals surface area contributed by atoms with E-state index in [0.29, 0.717) is 18.9 Å². The second-order valence-electron chi connectivity index (χ2n) is 6.22. The number of ether oxygens (including phenoxy) is 1. The number of rotatable bonds is 4. The third-order valence-corrected chi connectivity index (χ3v) is 6.14. The highest BCUT2D eigenvalue weighted by molar-refractivity contribution is 14.0. The van der Waals surface area contributed by atoms with Crippen LogP contribution in [0.5, 0.6) is 5.75 Å². The predicted molar refractivity (Wildman–Crippen MR) is 116 cm³/mol. The molecule has 0 amide bonds. The molecule has 1 fully saturated rings. The molecule has 1 heterocycles. The maximum absolute atomic E-state index is 11.6. The summed E-state index contributed by atoms with van der Waals surface area (Å²) in [7, 11) is 0.444. The zero-order valence-electron chi connectivity index (χ0n) is 14.9. The Labute approximate surface area is 171 Å². The van der Waals surface area contributed by atoms with Gasteiger partial charge in [0.2, 0.25) is 0 Å². The van der Waals surface area contributed by atoms with Crippen LogP contribution in [-0.2, 0) is 16.4 Å². The number of methoxy groups -OCH3 is 1. The molecule has 0 radical (unpaired) electrons. The van der Waals surface area contributed by atoms with Gasteiger partial charge in [-0.1, -0.05) is 18.2 Å². The predicted octanol–water partition coefficient (Wildman–Crippen LogP) is 2.32. The number of nitrogens with one attached hydrogen (secondary N) is 2. The summed E-state index contributed by atoms with van der Waals surface area (Å²) in [6, 6.07) is 12.2. The molecule has 2 aromatic carbocycles. The van der Waals surface area contributed by atoms with Crippen molar-refractivity contribution in [1.82, 2.24) is 10.6 Å². The number of guanidine groups is 1. The van der Waals surface area contributed by atoms with E-state index < -0.39 is 9.84 Å². The lowest BCUT2D eigenvalue weighted by Gasteiger charge is -2.16. The third kappa shape index (κ3) is 5.23. The highest BCUT2D eigenvalue weighted by atomic mass is 127. The average Bonchev–Trinajstić information content (AvgIpc) is 2.96.